The van der Waals surface area contributed by atoms with Crippen LogP contribution in [0.1, 0.15) is 10.4 Å². The molecule has 1 aromatic carbocycles. The van der Waals surface area contributed by atoms with E-state index in [0.717, 1.165) is 5.56 Å². The van der Waals surface area contributed by atoms with Gasteiger partial charge in [0.2, 0.25) is 0 Å². The summed E-state index contributed by atoms with van der Waals surface area (Å²) in [6.07, 6.45) is 0. The van der Waals surface area contributed by atoms with Crippen molar-refractivity contribution in [1.29, 1.82) is 0 Å². The highest BCUT2D eigenvalue weighted by atomic mass is 79.9. The molecule has 0 radical (unpaired) electrons. The van der Waals surface area contributed by atoms with Gasteiger partial charge in [0.15, 0.2) is 0 Å². The Labute approximate surface area is 148 Å². The highest BCUT2D eigenvalue weighted by molar-refractivity contribution is 9.11. The van der Waals surface area contributed by atoms with Crippen molar-refractivity contribution in [2.75, 3.05) is 4.72 Å². The smallest absolute Gasteiger partial charge is 0.263 e. The van der Waals surface area contributed by atoms with Crippen LogP contribution in [0.4, 0.5) is 5.69 Å². The second-order valence-corrected chi connectivity index (χ2v) is 9.56. The first-order chi connectivity index (χ1) is 9.74. The molecule has 0 atom stereocenters. The standard InChI is InChI=1S/C12H10Br2ClNO3S2/c1-6-2-8(13)10(4-9(6)15)16-21(18,19)11-3-7(5-17)20-12(11)14/h2-4,16-17H,5H2,1H3. The number of aliphatic hydroxyl groups is 1. The summed E-state index contributed by atoms with van der Waals surface area (Å²) in [6.45, 7) is 1.62. The zero-order valence-electron chi connectivity index (χ0n) is 10.7. The summed E-state index contributed by atoms with van der Waals surface area (Å²) in [5.41, 5.74) is 1.19. The van der Waals surface area contributed by atoms with E-state index in [9.17, 15) is 8.42 Å². The van der Waals surface area contributed by atoms with Crippen LogP contribution in [0.3, 0.4) is 0 Å². The molecular weight excluding hydrogens is 466 g/mol. The zero-order valence-corrected chi connectivity index (χ0v) is 16.2. The Balaban J connectivity index is 2.42. The Kier molecular flexibility index (Phi) is 5.38. The number of aryl methyl sites for hydroxylation is 1. The first kappa shape index (κ1) is 17.2. The fourth-order valence-electron chi connectivity index (χ4n) is 1.58. The normalized spacial score (nSPS) is 11.7. The van der Waals surface area contributed by atoms with Gasteiger partial charge in [-0.25, -0.2) is 8.42 Å². The van der Waals surface area contributed by atoms with Gasteiger partial charge in [-0.1, -0.05) is 11.6 Å². The van der Waals surface area contributed by atoms with Crippen molar-refractivity contribution in [1.82, 2.24) is 0 Å². The molecule has 0 unspecified atom stereocenters. The van der Waals surface area contributed by atoms with Crippen molar-refractivity contribution < 1.29 is 13.5 Å². The lowest BCUT2D eigenvalue weighted by molar-refractivity contribution is 0.285. The third kappa shape index (κ3) is 3.80. The molecule has 2 N–H and O–H groups in total. The lowest BCUT2D eigenvalue weighted by atomic mass is 10.2. The fourth-order valence-corrected chi connectivity index (χ4v) is 6.05. The van der Waals surface area contributed by atoms with Gasteiger partial charge in [-0.15, -0.1) is 11.3 Å². The average Bonchev–Trinajstić information content (AvgIpc) is 2.78. The number of aliphatic hydroxyl groups excluding tert-OH is 1. The van der Waals surface area contributed by atoms with Crippen LogP contribution in [0.5, 0.6) is 0 Å². The molecule has 1 aromatic heterocycles. The molecule has 2 aromatic rings. The molecule has 1 heterocycles. The number of sulfonamides is 1. The Hall–Kier alpha value is -0.120. The first-order valence-corrected chi connectivity index (χ1v) is 9.88. The maximum Gasteiger partial charge on any atom is 0.263 e. The van der Waals surface area contributed by atoms with Crippen LogP contribution < -0.4 is 4.72 Å². The molecule has 4 nitrogen and oxygen atoms in total. The summed E-state index contributed by atoms with van der Waals surface area (Å²) < 4.78 is 28.4. The molecule has 0 fully saturated rings. The van der Waals surface area contributed by atoms with Gasteiger partial charge < -0.3 is 5.11 Å². The van der Waals surface area contributed by atoms with Gasteiger partial charge in [0, 0.05) is 14.4 Å². The summed E-state index contributed by atoms with van der Waals surface area (Å²) in [6, 6.07) is 4.72. The summed E-state index contributed by atoms with van der Waals surface area (Å²) in [4.78, 5) is 0.642. The monoisotopic (exact) mass is 473 g/mol. The van der Waals surface area contributed by atoms with E-state index in [1.54, 1.807) is 12.1 Å². The molecule has 0 aliphatic carbocycles. The minimum atomic E-state index is -3.77. The largest absolute Gasteiger partial charge is 0.391 e. The predicted molar refractivity (Wildman–Crippen MR) is 92.6 cm³/mol. The highest BCUT2D eigenvalue weighted by Crippen LogP contribution is 2.35. The molecule has 0 aliphatic heterocycles. The fraction of sp³-hybridized carbons (Fsp3) is 0.167. The molecule has 0 saturated heterocycles. The maximum atomic E-state index is 12.4. The van der Waals surface area contributed by atoms with E-state index in [4.69, 9.17) is 16.7 Å². The number of nitrogens with one attached hydrogen (secondary N) is 1. The number of hydrogen-bond acceptors (Lipinski definition) is 4. The minimum Gasteiger partial charge on any atom is -0.391 e. The van der Waals surface area contributed by atoms with Crippen molar-refractivity contribution in [2.24, 2.45) is 0 Å². The van der Waals surface area contributed by atoms with E-state index < -0.39 is 10.0 Å². The lowest BCUT2D eigenvalue weighted by Gasteiger charge is -2.11. The van der Waals surface area contributed by atoms with Gasteiger partial charge >= 0.3 is 0 Å². The number of rotatable bonds is 4. The van der Waals surface area contributed by atoms with Gasteiger partial charge in [-0.2, -0.15) is 0 Å². The van der Waals surface area contributed by atoms with E-state index >= 15 is 0 Å². The van der Waals surface area contributed by atoms with Crippen molar-refractivity contribution in [3.63, 3.8) is 0 Å². The van der Waals surface area contributed by atoms with Gasteiger partial charge in [-0.3, -0.25) is 4.72 Å². The Bertz CT molecular complexity index is 790. The lowest BCUT2D eigenvalue weighted by Crippen LogP contribution is -2.13. The Morgan fingerprint density at radius 1 is 1.33 bits per heavy atom. The highest BCUT2D eigenvalue weighted by Gasteiger charge is 2.22. The molecule has 114 valence electrons. The van der Waals surface area contributed by atoms with E-state index in [2.05, 4.69) is 36.6 Å². The Morgan fingerprint density at radius 2 is 2.00 bits per heavy atom. The van der Waals surface area contributed by atoms with E-state index in [-0.39, 0.29) is 11.5 Å². The molecule has 0 aliphatic rings. The van der Waals surface area contributed by atoms with Gasteiger partial charge in [0.25, 0.3) is 10.0 Å². The summed E-state index contributed by atoms with van der Waals surface area (Å²) in [5.74, 6) is 0. The van der Waals surface area contributed by atoms with E-state index in [1.807, 2.05) is 6.92 Å². The van der Waals surface area contributed by atoms with Crippen LogP contribution in [-0.4, -0.2) is 13.5 Å². The molecule has 9 heteroatoms. The molecule has 21 heavy (non-hydrogen) atoms. The van der Waals surface area contributed by atoms with Crippen LogP contribution in [0, 0.1) is 6.92 Å². The third-order valence-corrected chi connectivity index (χ3v) is 7.31. The topological polar surface area (TPSA) is 66.4 Å². The van der Waals surface area contributed by atoms with Gasteiger partial charge in [0.05, 0.1) is 16.1 Å². The van der Waals surface area contributed by atoms with Crippen molar-refractivity contribution in [2.45, 2.75) is 18.4 Å². The maximum absolute atomic E-state index is 12.4. The molecule has 0 saturated carbocycles. The van der Waals surface area contributed by atoms with Crippen LogP contribution in [0.2, 0.25) is 5.02 Å². The quantitative estimate of drug-likeness (QED) is 0.683. The van der Waals surface area contributed by atoms with Crippen LogP contribution >= 0.6 is 54.8 Å². The van der Waals surface area contributed by atoms with Crippen LogP contribution in [0.15, 0.2) is 31.4 Å². The van der Waals surface area contributed by atoms with Gasteiger partial charge in [-0.05, 0) is 62.5 Å². The second kappa shape index (κ2) is 6.55. The SMILES string of the molecule is Cc1cc(Br)c(NS(=O)(=O)c2cc(CO)sc2Br)cc1Cl. The predicted octanol–water partition coefficient (Wildman–Crippen LogP) is 4.53. The van der Waals surface area contributed by atoms with Crippen LogP contribution in [-0.2, 0) is 16.6 Å². The van der Waals surface area contributed by atoms with Crippen molar-refractivity contribution in [3.05, 3.63) is 41.9 Å². The molecule has 0 bridgehead atoms. The summed E-state index contributed by atoms with van der Waals surface area (Å²) in [5, 5.41) is 9.56. The third-order valence-electron chi connectivity index (χ3n) is 2.64. The Morgan fingerprint density at radius 3 is 2.57 bits per heavy atom. The summed E-state index contributed by atoms with van der Waals surface area (Å²) in [7, 11) is -3.77. The molecular formula is C12H10Br2ClNO3S2. The average molecular weight is 476 g/mol. The number of anilines is 1. The number of thiophene rings is 1. The van der Waals surface area contributed by atoms with Gasteiger partial charge in [0.1, 0.15) is 4.90 Å². The van der Waals surface area contributed by atoms with Crippen LogP contribution in [0.25, 0.3) is 0 Å². The minimum absolute atomic E-state index is 0.0835. The first-order valence-electron chi connectivity index (χ1n) is 5.62. The van der Waals surface area contributed by atoms with Crippen molar-refractivity contribution >= 4 is 70.5 Å². The molecule has 0 spiro atoms. The van der Waals surface area contributed by atoms with E-state index in [1.165, 1.54) is 17.4 Å². The second-order valence-electron chi connectivity index (χ2n) is 4.20. The van der Waals surface area contributed by atoms with E-state index in [0.29, 0.717) is 23.8 Å². The number of benzene rings is 1. The zero-order chi connectivity index (χ0) is 15.8. The molecule has 0 amide bonds. The van der Waals surface area contributed by atoms with Crippen molar-refractivity contribution in [3.8, 4) is 0 Å². The summed E-state index contributed by atoms with van der Waals surface area (Å²) >= 11 is 13.7. The number of halogens is 3. The number of hydrogen-bond donors (Lipinski definition) is 2. The molecule has 2 rings (SSSR count).